The van der Waals surface area contributed by atoms with Crippen LogP contribution in [0.2, 0.25) is 0 Å². The Balaban J connectivity index is 2.30. The molecular formula is C14H29N. The molecule has 0 unspecified atom stereocenters. The van der Waals surface area contributed by atoms with E-state index in [0.717, 1.165) is 17.8 Å². The fourth-order valence-electron chi connectivity index (χ4n) is 2.97. The lowest BCUT2D eigenvalue weighted by molar-refractivity contribution is 0.190. The van der Waals surface area contributed by atoms with Gasteiger partial charge in [0.1, 0.15) is 0 Å². The third-order valence-corrected chi connectivity index (χ3v) is 4.06. The van der Waals surface area contributed by atoms with Crippen molar-refractivity contribution in [3.63, 3.8) is 0 Å². The number of nitrogens with one attached hydrogen (secondary N) is 1. The topological polar surface area (TPSA) is 12.0 Å². The van der Waals surface area contributed by atoms with Gasteiger partial charge in [0.25, 0.3) is 0 Å². The maximum Gasteiger partial charge on any atom is 0.00693 e. The zero-order valence-electron chi connectivity index (χ0n) is 11.2. The van der Waals surface area contributed by atoms with Crippen LogP contribution in [0.5, 0.6) is 0 Å². The maximum absolute atomic E-state index is 3.66. The molecule has 0 aromatic carbocycles. The number of hydrogen-bond donors (Lipinski definition) is 1. The number of hydrogen-bond acceptors (Lipinski definition) is 1. The standard InChI is InChI=1S/C14H29N/c1-10(2)13-6-8-14(9-7-13)12(5)15-11(3)4/h10-15H,6-9H2,1-5H3/t12-,13?,14?/m0/s1. The van der Waals surface area contributed by atoms with Gasteiger partial charge in [0.2, 0.25) is 0 Å². The minimum atomic E-state index is 0.628. The second-order valence-electron chi connectivity index (χ2n) is 6.03. The van der Waals surface area contributed by atoms with E-state index in [4.69, 9.17) is 0 Å². The smallest absolute Gasteiger partial charge is 0.00693 e. The molecule has 0 heterocycles. The molecule has 0 bridgehead atoms. The van der Waals surface area contributed by atoms with Crippen LogP contribution in [0, 0.1) is 17.8 Å². The summed E-state index contributed by atoms with van der Waals surface area (Å²) in [6.07, 6.45) is 5.77. The molecule has 1 atom stereocenters. The molecule has 90 valence electrons. The van der Waals surface area contributed by atoms with Crippen molar-refractivity contribution >= 4 is 0 Å². The first kappa shape index (κ1) is 13.0. The molecule has 1 rings (SSSR count). The highest BCUT2D eigenvalue weighted by Gasteiger charge is 2.26. The maximum atomic E-state index is 3.66. The van der Waals surface area contributed by atoms with Crippen molar-refractivity contribution in [2.45, 2.75) is 72.4 Å². The van der Waals surface area contributed by atoms with Gasteiger partial charge in [-0.1, -0.05) is 27.7 Å². The predicted molar refractivity (Wildman–Crippen MR) is 68.0 cm³/mol. The molecule has 1 N–H and O–H groups in total. The van der Waals surface area contributed by atoms with Gasteiger partial charge in [0.15, 0.2) is 0 Å². The average Bonchev–Trinajstić information content (AvgIpc) is 2.17. The van der Waals surface area contributed by atoms with E-state index in [1.807, 2.05) is 0 Å². The first-order chi connectivity index (χ1) is 7.00. The Morgan fingerprint density at radius 2 is 1.27 bits per heavy atom. The van der Waals surface area contributed by atoms with Crippen LogP contribution < -0.4 is 5.32 Å². The van der Waals surface area contributed by atoms with Gasteiger partial charge < -0.3 is 5.32 Å². The van der Waals surface area contributed by atoms with Crippen molar-refractivity contribution in [1.29, 1.82) is 0 Å². The fourth-order valence-corrected chi connectivity index (χ4v) is 2.97. The summed E-state index contributed by atoms with van der Waals surface area (Å²) in [4.78, 5) is 0. The van der Waals surface area contributed by atoms with Crippen LogP contribution in [0.15, 0.2) is 0 Å². The highest BCUT2D eigenvalue weighted by Crippen LogP contribution is 2.34. The van der Waals surface area contributed by atoms with Gasteiger partial charge in [-0.3, -0.25) is 0 Å². The summed E-state index contributed by atoms with van der Waals surface area (Å²) in [5.74, 6) is 2.80. The van der Waals surface area contributed by atoms with Crippen molar-refractivity contribution in [2.75, 3.05) is 0 Å². The summed E-state index contributed by atoms with van der Waals surface area (Å²) < 4.78 is 0. The first-order valence-corrected chi connectivity index (χ1v) is 6.76. The monoisotopic (exact) mass is 211 g/mol. The van der Waals surface area contributed by atoms with Gasteiger partial charge in [0.05, 0.1) is 0 Å². The van der Waals surface area contributed by atoms with Gasteiger partial charge >= 0.3 is 0 Å². The summed E-state index contributed by atoms with van der Waals surface area (Å²) in [7, 11) is 0. The van der Waals surface area contributed by atoms with Crippen molar-refractivity contribution in [1.82, 2.24) is 5.32 Å². The van der Waals surface area contributed by atoms with E-state index in [1.165, 1.54) is 25.7 Å². The highest BCUT2D eigenvalue weighted by atomic mass is 14.9. The molecule has 1 saturated carbocycles. The van der Waals surface area contributed by atoms with Gasteiger partial charge in [-0.25, -0.2) is 0 Å². The SMILES string of the molecule is CC(C)N[C@@H](C)C1CCC(C(C)C)CC1. The van der Waals surface area contributed by atoms with Crippen LogP contribution in [-0.2, 0) is 0 Å². The summed E-state index contributed by atoms with van der Waals surface area (Å²) in [6, 6.07) is 1.33. The molecule has 1 fully saturated rings. The molecule has 0 amide bonds. The van der Waals surface area contributed by atoms with Crippen molar-refractivity contribution in [3.8, 4) is 0 Å². The van der Waals surface area contributed by atoms with E-state index in [1.54, 1.807) is 0 Å². The van der Waals surface area contributed by atoms with Crippen molar-refractivity contribution in [2.24, 2.45) is 17.8 Å². The zero-order chi connectivity index (χ0) is 11.4. The Hall–Kier alpha value is -0.0400. The van der Waals surface area contributed by atoms with E-state index >= 15 is 0 Å². The lowest BCUT2D eigenvalue weighted by Gasteiger charge is -2.35. The molecule has 0 saturated heterocycles. The summed E-state index contributed by atoms with van der Waals surface area (Å²) in [5.41, 5.74) is 0. The van der Waals surface area contributed by atoms with Crippen LogP contribution in [0.4, 0.5) is 0 Å². The predicted octanol–water partition coefficient (Wildman–Crippen LogP) is 3.84. The van der Waals surface area contributed by atoms with Gasteiger partial charge in [-0.15, -0.1) is 0 Å². The van der Waals surface area contributed by atoms with Crippen molar-refractivity contribution < 1.29 is 0 Å². The summed E-state index contributed by atoms with van der Waals surface area (Å²) >= 11 is 0. The Morgan fingerprint density at radius 3 is 1.67 bits per heavy atom. The molecule has 1 aliphatic rings. The third kappa shape index (κ3) is 4.14. The summed E-state index contributed by atoms with van der Waals surface area (Å²) in [6.45, 7) is 11.6. The molecule has 0 aromatic rings. The van der Waals surface area contributed by atoms with E-state index in [2.05, 4.69) is 39.9 Å². The van der Waals surface area contributed by atoms with Gasteiger partial charge in [-0.05, 0) is 50.4 Å². The molecule has 1 nitrogen and oxygen atoms in total. The van der Waals surface area contributed by atoms with Crippen LogP contribution in [0.1, 0.15) is 60.3 Å². The van der Waals surface area contributed by atoms with E-state index < -0.39 is 0 Å². The largest absolute Gasteiger partial charge is 0.312 e. The minimum absolute atomic E-state index is 0.628. The second kappa shape index (κ2) is 5.89. The van der Waals surface area contributed by atoms with E-state index in [9.17, 15) is 0 Å². The normalized spacial score (nSPS) is 29.8. The van der Waals surface area contributed by atoms with Crippen LogP contribution >= 0.6 is 0 Å². The van der Waals surface area contributed by atoms with Crippen LogP contribution in [-0.4, -0.2) is 12.1 Å². The Bertz CT molecular complexity index is 166. The summed E-state index contributed by atoms with van der Waals surface area (Å²) in [5, 5.41) is 3.66. The molecule has 0 aromatic heterocycles. The molecular weight excluding hydrogens is 182 g/mol. The molecule has 0 radical (unpaired) electrons. The van der Waals surface area contributed by atoms with Gasteiger partial charge in [-0.2, -0.15) is 0 Å². The number of rotatable bonds is 4. The molecule has 1 aliphatic carbocycles. The molecule has 0 aliphatic heterocycles. The van der Waals surface area contributed by atoms with Crippen LogP contribution in [0.3, 0.4) is 0 Å². The second-order valence-corrected chi connectivity index (χ2v) is 6.03. The first-order valence-electron chi connectivity index (χ1n) is 6.76. The Kier molecular flexibility index (Phi) is 5.11. The van der Waals surface area contributed by atoms with Gasteiger partial charge in [0, 0.05) is 12.1 Å². The Morgan fingerprint density at radius 1 is 0.800 bits per heavy atom. The third-order valence-electron chi connectivity index (χ3n) is 4.06. The fraction of sp³-hybridized carbons (Fsp3) is 1.00. The Labute approximate surface area is 96.0 Å². The zero-order valence-corrected chi connectivity index (χ0v) is 11.2. The quantitative estimate of drug-likeness (QED) is 0.745. The van der Waals surface area contributed by atoms with E-state index in [0.29, 0.717) is 12.1 Å². The minimum Gasteiger partial charge on any atom is -0.312 e. The molecule has 15 heavy (non-hydrogen) atoms. The van der Waals surface area contributed by atoms with E-state index in [-0.39, 0.29) is 0 Å². The van der Waals surface area contributed by atoms with Crippen LogP contribution in [0.25, 0.3) is 0 Å². The lowest BCUT2D eigenvalue weighted by atomic mass is 9.75. The molecule has 1 heteroatoms. The highest BCUT2D eigenvalue weighted by molar-refractivity contribution is 4.81. The average molecular weight is 211 g/mol. The van der Waals surface area contributed by atoms with Crippen molar-refractivity contribution in [3.05, 3.63) is 0 Å². The molecule has 0 spiro atoms. The lowest BCUT2D eigenvalue weighted by Crippen LogP contribution is -2.39.